The number of thiophene rings is 1. The predicted octanol–water partition coefficient (Wildman–Crippen LogP) is 4.86. The molecule has 1 aromatic carbocycles. The fraction of sp³-hybridized carbons (Fsp3) is 0.417. The average Bonchev–Trinajstić information content (AvgIpc) is 3.56. The van der Waals surface area contributed by atoms with E-state index in [1.54, 1.807) is 11.3 Å². The summed E-state index contributed by atoms with van der Waals surface area (Å²) in [5.41, 5.74) is 3.77. The summed E-state index contributed by atoms with van der Waals surface area (Å²) in [5, 5.41) is 10.9. The molecule has 0 radical (unpaired) electrons. The fourth-order valence-electron chi connectivity index (χ4n) is 5.26. The van der Waals surface area contributed by atoms with Gasteiger partial charge in [-0.3, -0.25) is 4.79 Å². The highest BCUT2D eigenvalue weighted by Crippen LogP contribution is 2.43. The van der Waals surface area contributed by atoms with Gasteiger partial charge in [0, 0.05) is 19.1 Å². The molecule has 0 spiro atoms. The quantitative estimate of drug-likeness (QED) is 0.487. The lowest BCUT2D eigenvalue weighted by Gasteiger charge is -2.23. The van der Waals surface area contributed by atoms with Gasteiger partial charge < -0.3 is 14.5 Å². The Morgan fingerprint density at radius 1 is 1.16 bits per heavy atom. The number of aromatic amines is 1. The van der Waals surface area contributed by atoms with E-state index in [4.69, 9.17) is 4.98 Å². The van der Waals surface area contributed by atoms with E-state index >= 15 is 0 Å². The van der Waals surface area contributed by atoms with E-state index in [1.807, 2.05) is 6.33 Å². The van der Waals surface area contributed by atoms with Gasteiger partial charge in [0.2, 0.25) is 0 Å². The maximum absolute atomic E-state index is 12.7. The summed E-state index contributed by atoms with van der Waals surface area (Å²) in [6.07, 6.45) is 10.6. The molecule has 0 bridgehead atoms. The highest BCUT2D eigenvalue weighted by Gasteiger charge is 2.28. The maximum atomic E-state index is 12.7. The van der Waals surface area contributed by atoms with Gasteiger partial charge in [0.05, 0.1) is 46.1 Å². The molecule has 1 saturated heterocycles. The second-order valence-corrected chi connectivity index (χ2v) is 9.90. The number of nitrogens with one attached hydrogen (secondary N) is 1. The van der Waals surface area contributed by atoms with Crippen LogP contribution in [0.15, 0.2) is 35.6 Å². The molecule has 1 aliphatic heterocycles. The molecule has 2 aliphatic rings. The molecular formula is C24H24N6OS. The lowest BCUT2D eigenvalue weighted by molar-refractivity contribution is 0.359. The lowest BCUT2D eigenvalue weighted by atomic mass is 9.95. The first-order chi connectivity index (χ1) is 15.7. The number of nitriles is 1. The zero-order chi connectivity index (χ0) is 21.7. The minimum Gasteiger partial charge on any atom is -0.361 e. The normalized spacial score (nSPS) is 19.7. The SMILES string of the molecule is N#CC1CCN(c2sc(-c3ccc4c(c3)ncn4C3CCCCC3)c3nc[nH]c(=O)c23)C1. The zero-order valence-electron chi connectivity index (χ0n) is 17.8. The van der Waals surface area contributed by atoms with Crippen molar-refractivity contribution < 1.29 is 0 Å². The molecule has 1 N–H and O–H groups in total. The number of anilines is 1. The van der Waals surface area contributed by atoms with Crippen LogP contribution in [0.4, 0.5) is 5.00 Å². The molecule has 1 aliphatic carbocycles. The molecule has 6 rings (SSSR count). The second kappa shape index (κ2) is 7.75. The lowest BCUT2D eigenvalue weighted by Crippen LogP contribution is -2.20. The van der Waals surface area contributed by atoms with Gasteiger partial charge >= 0.3 is 0 Å². The Hall–Kier alpha value is -3.18. The van der Waals surface area contributed by atoms with Crippen molar-refractivity contribution in [3.05, 3.63) is 41.2 Å². The highest BCUT2D eigenvalue weighted by molar-refractivity contribution is 7.21. The number of fused-ring (bicyclic) bond motifs is 2. The highest BCUT2D eigenvalue weighted by atomic mass is 32.1. The van der Waals surface area contributed by atoms with Crippen molar-refractivity contribution in [3.8, 4) is 16.5 Å². The molecule has 4 heterocycles. The first kappa shape index (κ1) is 19.5. The standard InChI is InChI=1S/C24H24N6OS/c25-11-15-8-9-29(12-15)24-20-21(26-13-27-23(20)31)22(32-24)16-6-7-19-18(10-16)28-14-30(19)17-4-2-1-3-5-17/h6-7,10,13-15,17H,1-5,8-9,12H2,(H,26,27,31). The van der Waals surface area contributed by atoms with E-state index in [2.05, 4.69) is 43.7 Å². The van der Waals surface area contributed by atoms with Gasteiger partial charge in [-0.25, -0.2) is 9.97 Å². The van der Waals surface area contributed by atoms with Crippen molar-refractivity contribution in [1.29, 1.82) is 5.26 Å². The minimum atomic E-state index is -0.129. The Kier molecular flexibility index (Phi) is 4.72. The number of benzene rings is 1. The van der Waals surface area contributed by atoms with Crippen LogP contribution in [0, 0.1) is 17.2 Å². The molecular weight excluding hydrogens is 420 g/mol. The number of H-pyrrole nitrogens is 1. The summed E-state index contributed by atoms with van der Waals surface area (Å²) in [7, 11) is 0. The molecule has 1 atom stereocenters. The van der Waals surface area contributed by atoms with E-state index in [0.717, 1.165) is 39.4 Å². The van der Waals surface area contributed by atoms with Gasteiger partial charge in [-0.2, -0.15) is 5.26 Å². The van der Waals surface area contributed by atoms with Crippen molar-refractivity contribution in [2.75, 3.05) is 18.0 Å². The van der Waals surface area contributed by atoms with Crippen molar-refractivity contribution >= 4 is 38.3 Å². The second-order valence-electron chi connectivity index (χ2n) is 8.90. The van der Waals surface area contributed by atoms with Crippen LogP contribution in [0.2, 0.25) is 0 Å². The molecule has 162 valence electrons. The van der Waals surface area contributed by atoms with Crippen LogP contribution in [0.3, 0.4) is 0 Å². The third kappa shape index (κ3) is 3.11. The summed E-state index contributed by atoms with van der Waals surface area (Å²) < 4.78 is 2.34. The van der Waals surface area contributed by atoms with Crippen molar-refractivity contribution in [2.24, 2.45) is 5.92 Å². The van der Waals surface area contributed by atoms with Crippen LogP contribution < -0.4 is 10.5 Å². The van der Waals surface area contributed by atoms with E-state index in [9.17, 15) is 10.1 Å². The van der Waals surface area contributed by atoms with Gasteiger partial charge in [-0.05, 0) is 37.0 Å². The summed E-state index contributed by atoms with van der Waals surface area (Å²) >= 11 is 1.59. The molecule has 4 aromatic rings. The van der Waals surface area contributed by atoms with E-state index in [0.29, 0.717) is 18.0 Å². The van der Waals surface area contributed by atoms with E-state index in [1.165, 1.54) is 43.9 Å². The Bertz CT molecular complexity index is 1400. The van der Waals surface area contributed by atoms with Gasteiger partial charge in [-0.15, -0.1) is 11.3 Å². The zero-order valence-corrected chi connectivity index (χ0v) is 18.6. The van der Waals surface area contributed by atoms with Crippen molar-refractivity contribution in [3.63, 3.8) is 0 Å². The molecule has 7 nitrogen and oxygen atoms in total. The Labute approximate surface area is 189 Å². The number of hydrogen-bond acceptors (Lipinski definition) is 6. The largest absolute Gasteiger partial charge is 0.361 e. The molecule has 2 fully saturated rings. The van der Waals surface area contributed by atoms with Crippen LogP contribution in [-0.4, -0.2) is 32.6 Å². The monoisotopic (exact) mass is 444 g/mol. The number of hydrogen-bond donors (Lipinski definition) is 1. The van der Waals surface area contributed by atoms with Crippen LogP contribution in [0.25, 0.3) is 32.4 Å². The Morgan fingerprint density at radius 2 is 2.03 bits per heavy atom. The molecule has 1 saturated carbocycles. The van der Waals surface area contributed by atoms with Crippen molar-refractivity contribution in [1.82, 2.24) is 19.5 Å². The summed E-state index contributed by atoms with van der Waals surface area (Å²) in [4.78, 5) is 27.9. The third-order valence-corrected chi connectivity index (χ3v) is 8.23. The van der Waals surface area contributed by atoms with E-state index in [-0.39, 0.29) is 11.5 Å². The summed E-state index contributed by atoms with van der Waals surface area (Å²) in [5.74, 6) is 0.00598. The fourth-order valence-corrected chi connectivity index (χ4v) is 6.53. The van der Waals surface area contributed by atoms with Gasteiger partial charge in [0.15, 0.2) is 0 Å². The smallest absolute Gasteiger partial charge is 0.261 e. The van der Waals surface area contributed by atoms with Crippen molar-refractivity contribution in [2.45, 2.75) is 44.6 Å². The molecule has 0 amide bonds. The topological polar surface area (TPSA) is 90.6 Å². The molecule has 1 unspecified atom stereocenters. The van der Waals surface area contributed by atoms with Gasteiger partial charge in [-0.1, -0.05) is 25.3 Å². The van der Waals surface area contributed by atoms with Crippen LogP contribution in [0.1, 0.15) is 44.6 Å². The molecule has 3 aromatic heterocycles. The Balaban J connectivity index is 1.45. The number of nitrogens with zero attached hydrogens (tertiary/aromatic N) is 5. The van der Waals surface area contributed by atoms with Crippen LogP contribution >= 0.6 is 11.3 Å². The third-order valence-electron chi connectivity index (χ3n) is 6.94. The van der Waals surface area contributed by atoms with Gasteiger partial charge in [0.25, 0.3) is 5.56 Å². The first-order valence-electron chi connectivity index (χ1n) is 11.3. The van der Waals surface area contributed by atoms with Crippen LogP contribution in [-0.2, 0) is 0 Å². The number of imidazole rings is 1. The number of aromatic nitrogens is 4. The average molecular weight is 445 g/mol. The van der Waals surface area contributed by atoms with Gasteiger partial charge in [0.1, 0.15) is 10.4 Å². The number of rotatable bonds is 3. The minimum absolute atomic E-state index is 0.00598. The van der Waals surface area contributed by atoms with E-state index < -0.39 is 0 Å². The summed E-state index contributed by atoms with van der Waals surface area (Å²) in [6.45, 7) is 1.44. The Morgan fingerprint density at radius 3 is 2.84 bits per heavy atom. The molecule has 32 heavy (non-hydrogen) atoms. The summed E-state index contributed by atoms with van der Waals surface area (Å²) in [6, 6.07) is 9.31. The first-order valence-corrected chi connectivity index (χ1v) is 12.2. The van der Waals surface area contributed by atoms with Crippen LogP contribution in [0.5, 0.6) is 0 Å². The molecule has 8 heteroatoms. The predicted molar refractivity (Wildman–Crippen MR) is 127 cm³/mol. The maximum Gasteiger partial charge on any atom is 0.261 e.